The molecule has 0 aliphatic heterocycles. The molecule has 0 saturated carbocycles. The molecular weight excluding hydrogens is 406 g/mol. The standard InChI is InChI=1S/C18H16ClN3O3S2/c1-11(23)26-10-15(24)22(9-12-5-3-4-8-20-12)18-21-16-14(25-2)7-6-13(19)17(16)27-18/h3-8H,9-10H2,1-2H3. The number of carbonyl (C=O) groups is 2. The van der Waals surface area contributed by atoms with Gasteiger partial charge in [0.15, 0.2) is 10.2 Å². The van der Waals surface area contributed by atoms with Gasteiger partial charge in [-0.3, -0.25) is 19.5 Å². The number of anilines is 1. The minimum absolute atomic E-state index is 0.0307. The summed E-state index contributed by atoms with van der Waals surface area (Å²) >= 11 is 8.57. The smallest absolute Gasteiger partial charge is 0.239 e. The second kappa shape index (κ2) is 8.69. The van der Waals surface area contributed by atoms with Gasteiger partial charge in [-0.2, -0.15) is 0 Å². The number of hydrogen-bond donors (Lipinski definition) is 0. The number of ether oxygens (including phenoxy) is 1. The topological polar surface area (TPSA) is 72.4 Å². The van der Waals surface area contributed by atoms with Gasteiger partial charge < -0.3 is 4.74 Å². The van der Waals surface area contributed by atoms with E-state index in [9.17, 15) is 9.59 Å². The van der Waals surface area contributed by atoms with Gasteiger partial charge in [-0.1, -0.05) is 40.8 Å². The third kappa shape index (κ3) is 4.58. The number of pyridine rings is 1. The summed E-state index contributed by atoms with van der Waals surface area (Å²) in [6.45, 7) is 1.68. The van der Waals surface area contributed by atoms with Crippen molar-refractivity contribution in [1.29, 1.82) is 0 Å². The number of benzene rings is 1. The van der Waals surface area contributed by atoms with E-state index in [0.29, 0.717) is 21.4 Å². The summed E-state index contributed by atoms with van der Waals surface area (Å²) in [5.74, 6) is 0.387. The maximum Gasteiger partial charge on any atom is 0.239 e. The number of aromatic nitrogens is 2. The zero-order valence-electron chi connectivity index (χ0n) is 14.6. The van der Waals surface area contributed by atoms with E-state index in [2.05, 4.69) is 9.97 Å². The first-order valence-corrected chi connectivity index (χ1v) is 10.1. The molecule has 0 radical (unpaired) electrons. The van der Waals surface area contributed by atoms with Crippen LogP contribution >= 0.6 is 34.7 Å². The van der Waals surface area contributed by atoms with Crippen LogP contribution in [0.2, 0.25) is 5.02 Å². The first-order valence-electron chi connectivity index (χ1n) is 7.96. The molecule has 0 unspecified atom stereocenters. The van der Waals surface area contributed by atoms with Gasteiger partial charge in [-0.25, -0.2) is 4.98 Å². The lowest BCUT2D eigenvalue weighted by Crippen LogP contribution is -2.32. The summed E-state index contributed by atoms with van der Waals surface area (Å²) in [7, 11) is 1.56. The van der Waals surface area contributed by atoms with E-state index in [1.807, 2.05) is 18.2 Å². The van der Waals surface area contributed by atoms with E-state index >= 15 is 0 Å². The number of thioether (sulfide) groups is 1. The average molecular weight is 422 g/mol. The van der Waals surface area contributed by atoms with E-state index in [4.69, 9.17) is 16.3 Å². The molecule has 2 aromatic heterocycles. The van der Waals surface area contributed by atoms with Crippen LogP contribution in [-0.4, -0.2) is 33.9 Å². The van der Waals surface area contributed by atoms with E-state index in [0.717, 1.165) is 22.2 Å². The van der Waals surface area contributed by atoms with Crippen molar-refractivity contribution in [3.63, 3.8) is 0 Å². The Morgan fingerprint density at radius 3 is 2.78 bits per heavy atom. The van der Waals surface area contributed by atoms with Crippen molar-refractivity contribution in [3.05, 3.63) is 47.2 Å². The third-order valence-electron chi connectivity index (χ3n) is 3.64. The summed E-state index contributed by atoms with van der Waals surface area (Å²) in [4.78, 5) is 34.5. The van der Waals surface area contributed by atoms with Crippen LogP contribution in [0.4, 0.5) is 5.13 Å². The number of carbonyl (C=O) groups excluding carboxylic acids is 2. The van der Waals surface area contributed by atoms with Crippen molar-refractivity contribution in [2.45, 2.75) is 13.5 Å². The van der Waals surface area contributed by atoms with Gasteiger partial charge in [-0.05, 0) is 24.3 Å². The van der Waals surface area contributed by atoms with Crippen molar-refractivity contribution in [2.24, 2.45) is 0 Å². The van der Waals surface area contributed by atoms with Crippen LogP contribution in [0.25, 0.3) is 10.2 Å². The molecule has 0 spiro atoms. The van der Waals surface area contributed by atoms with Gasteiger partial charge in [0, 0.05) is 13.1 Å². The van der Waals surface area contributed by atoms with Gasteiger partial charge in [-0.15, -0.1) is 0 Å². The number of nitrogens with zero attached hydrogens (tertiary/aromatic N) is 3. The van der Waals surface area contributed by atoms with Crippen LogP contribution in [0.5, 0.6) is 5.75 Å². The van der Waals surface area contributed by atoms with Gasteiger partial charge in [0.05, 0.1) is 34.8 Å². The Hall–Kier alpha value is -2.16. The molecule has 0 aliphatic rings. The highest BCUT2D eigenvalue weighted by Gasteiger charge is 2.23. The number of thiazole rings is 1. The van der Waals surface area contributed by atoms with Gasteiger partial charge in [0.1, 0.15) is 11.3 Å². The zero-order chi connectivity index (χ0) is 19.4. The number of fused-ring (bicyclic) bond motifs is 1. The zero-order valence-corrected chi connectivity index (χ0v) is 17.0. The van der Waals surface area contributed by atoms with Crippen molar-refractivity contribution >= 4 is 61.1 Å². The molecule has 27 heavy (non-hydrogen) atoms. The summed E-state index contributed by atoms with van der Waals surface area (Å²) < 4.78 is 6.09. The number of methoxy groups -OCH3 is 1. The fourth-order valence-corrected chi connectivity index (χ4v) is 4.13. The Kier molecular flexibility index (Phi) is 6.30. The fraction of sp³-hybridized carbons (Fsp3) is 0.222. The third-order valence-corrected chi connectivity index (χ3v) is 5.98. The highest BCUT2D eigenvalue weighted by Crippen LogP contribution is 2.39. The van der Waals surface area contributed by atoms with Crippen molar-refractivity contribution in [2.75, 3.05) is 17.8 Å². The quantitative estimate of drug-likeness (QED) is 0.594. The minimum Gasteiger partial charge on any atom is -0.494 e. The average Bonchev–Trinajstić information content (AvgIpc) is 3.11. The number of hydrogen-bond acceptors (Lipinski definition) is 7. The number of rotatable bonds is 6. The summed E-state index contributed by atoms with van der Waals surface area (Å²) in [5.41, 5.74) is 1.32. The Morgan fingerprint density at radius 2 is 2.11 bits per heavy atom. The lowest BCUT2D eigenvalue weighted by molar-refractivity contribution is -0.116. The van der Waals surface area contributed by atoms with Gasteiger partial charge in [0.25, 0.3) is 0 Å². The highest BCUT2D eigenvalue weighted by atomic mass is 35.5. The summed E-state index contributed by atoms with van der Waals surface area (Å²) in [5, 5.41) is 0.907. The SMILES string of the molecule is COc1ccc(Cl)c2sc(N(Cc3ccccn3)C(=O)CSC(C)=O)nc12. The molecular formula is C18H16ClN3O3S2. The molecule has 0 N–H and O–H groups in total. The molecule has 0 aliphatic carbocycles. The predicted molar refractivity (Wildman–Crippen MR) is 110 cm³/mol. The normalized spacial score (nSPS) is 10.8. The highest BCUT2D eigenvalue weighted by molar-refractivity contribution is 8.14. The minimum atomic E-state index is -0.227. The maximum atomic E-state index is 12.8. The predicted octanol–water partition coefficient (Wildman–Crippen LogP) is 4.17. The Morgan fingerprint density at radius 1 is 1.30 bits per heavy atom. The second-order valence-corrected chi connectivity index (χ2v) is 8.04. The van der Waals surface area contributed by atoms with Crippen LogP contribution in [0.3, 0.4) is 0 Å². The molecule has 2 heterocycles. The van der Waals surface area contributed by atoms with Crippen molar-refractivity contribution in [1.82, 2.24) is 9.97 Å². The molecule has 9 heteroatoms. The Bertz CT molecular complexity index is 979. The van der Waals surface area contributed by atoms with E-state index in [1.165, 1.54) is 23.2 Å². The molecule has 0 fully saturated rings. The molecule has 140 valence electrons. The lowest BCUT2D eigenvalue weighted by atomic mass is 10.3. The summed E-state index contributed by atoms with van der Waals surface area (Å²) in [6.07, 6.45) is 1.67. The molecule has 0 bridgehead atoms. The monoisotopic (exact) mass is 421 g/mol. The number of halogens is 1. The van der Waals surface area contributed by atoms with Crippen molar-refractivity contribution < 1.29 is 14.3 Å². The lowest BCUT2D eigenvalue weighted by Gasteiger charge is -2.19. The Balaban J connectivity index is 2.01. The van der Waals surface area contributed by atoms with Crippen LogP contribution in [-0.2, 0) is 16.1 Å². The fourth-order valence-electron chi connectivity index (χ4n) is 2.38. The first-order chi connectivity index (χ1) is 13.0. The van der Waals surface area contributed by atoms with Gasteiger partial charge >= 0.3 is 0 Å². The second-order valence-electron chi connectivity index (χ2n) is 5.51. The van der Waals surface area contributed by atoms with E-state index in [-0.39, 0.29) is 23.3 Å². The van der Waals surface area contributed by atoms with Crippen LogP contribution in [0.1, 0.15) is 12.6 Å². The van der Waals surface area contributed by atoms with Crippen LogP contribution in [0.15, 0.2) is 36.5 Å². The molecule has 0 saturated heterocycles. The maximum absolute atomic E-state index is 12.8. The number of amides is 1. The Labute approximate surface area is 169 Å². The molecule has 1 aromatic carbocycles. The first kappa shape index (κ1) is 19.6. The largest absolute Gasteiger partial charge is 0.494 e. The molecule has 3 rings (SSSR count). The van der Waals surface area contributed by atoms with Gasteiger partial charge in [0.2, 0.25) is 5.91 Å². The molecule has 1 amide bonds. The van der Waals surface area contributed by atoms with E-state index in [1.54, 1.807) is 25.4 Å². The van der Waals surface area contributed by atoms with E-state index < -0.39 is 0 Å². The van der Waals surface area contributed by atoms with Crippen LogP contribution in [0, 0.1) is 0 Å². The van der Waals surface area contributed by atoms with Crippen LogP contribution < -0.4 is 9.64 Å². The molecule has 3 aromatic rings. The summed E-state index contributed by atoms with van der Waals surface area (Å²) in [6, 6.07) is 8.97. The van der Waals surface area contributed by atoms with Crippen molar-refractivity contribution in [3.8, 4) is 5.75 Å². The molecule has 6 nitrogen and oxygen atoms in total. The molecule has 0 atom stereocenters.